The van der Waals surface area contributed by atoms with Crippen LogP contribution in [0.3, 0.4) is 0 Å². The van der Waals surface area contributed by atoms with Crippen LogP contribution >= 0.6 is 17.2 Å². The summed E-state index contributed by atoms with van der Waals surface area (Å²) in [6, 6.07) is 54.0. The number of halogens is 2. The number of allylic oxidation sites excluding steroid dienone is 2. The van der Waals surface area contributed by atoms with Crippen molar-refractivity contribution in [3.63, 3.8) is 0 Å². The normalized spacial score (nSPS) is 16.9. The minimum atomic E-state index is -5.38. The van der Waals surface area contributed by atoms with E-state index in [0.29, 0.717) is 0 Å². The fourth-order valence-corrected chi connectivity index (χ4v) is 52.4. The Hall–Kier alpha value is -3.53. The Morgan fingerprint density at radius 1 is 0.464 bits per heavy atom. The van der Waals surface area contributed by atoms with Gasteiger partial charge >= 0.3 is 347 Å². The van der Waals surface area contributed by atoms with Gasteiger partial charge in [-0.25, -0.2) is 0 Å². The molecule has 6 aromatic rings. The van der Waals surface area contributed by atoms with Gasteiger partial charge in [0, 0.05) is 0 Å². The Labute approximate surface area is 344 Å². The van der Waals surface area contributed by atoms with Crippen molar-refractivity contribution in [1.29, 1.82) is 0 Å². The molecule has 6 aromatic carbocycles. The van der Waals surface area contributed by atoms with E-state index >= 15 is 0 Å². The van der Waals surface area contributed by atoms with E-state index in [1.54, 1.807) is 0 Å². The van der Waals surface area contributed by atoms with Gasteiger partial charge in [-0.3, -0.25) is 0 Å². The molecular weight excluding hydrogens is 902 g/mol. The zero-order valence-corrected chi connectivity index (χ0v) is 39.5. The summed E-state index contributed by atoms with van der Waals surface area (Å²) < 4.78 is -0.128. The van der Waals surface area contributed by atoms with Crippen LogP contribution < -0.4 is 0 Å². The summed E-state index contributed by atoms with van der Waals surface area (Å²) in [5.41, 5.74) is 18.3. The zero-order chi connectivity index (χ0) is 38.9. The van der Waals surface area contributed by atoms with Crippen LogP contribution in [0.2, 0.25) is 13.1 Å². The third kappa shape index (κ3) is 6.83. The average Bonchev–Trinajstić information content (AvgIpc) is 3.85. The van der Waals surface area contributed by atoms with E-state index < -0.39 is 21.3 Å². The van der Waals surface area contributed by atoms with Gasteiger partial charge in [-0.2, -0.15) is 0 Å². The van der Waals surface area contributed by atoms with E-state index in [2.05, 4.69) is 185 Å². The third-order valence-electron chi connectivity index (χ3n) is 12.8. The van der Waals surface area contributed by atoms with Crippen LogP contribution in [0.15, 0.2) is 146 Å². The molecule has 0 heterocycles. The van der Waals surface area contributed by atoms with Crippen LogP contribution in [-0.2, 0) is 28.1 Å². The van der Waals surface area contributed by atoms with Crippen molar-refractivity contribution in [2.45, 2.75) is 72.8 Å². The maximum atomic E-state index is 9.05. The molecule has 0 N–H and O–H groups in total. The summed E-state index contributed by atoms with van der Waals surface area (Å²) in [7, 11) is 18.1. The van der Waals surface area contributed by atoms with E-state index in [9.17, 15) is 0 Å². The molecule has 0 aliphatic heterocycles. The first-order valence-electron chi connectivity index (χ1n) is 20.8. The summed E-state index contributed by atoms with van der Waals surface area (Å²) in [6.45, 7) is 9.48. The van der Waals surface area contributed by atoms with Crippen LogP contribution in [0.1, 0.15) is 91.4 Å². The molecule has 0 nitrogen and oxygen atoms in total. The molecule has 0 saturated heterocycles. The molecule has 0 amide bonds. The van der Waals surface area contributed by atoms with Gasteiger partial charge in [-0.05, 0) is 0 Å². The van der Waals surface area contributed by atoms with Gasteiger partial charge < -0.3 is 0 Å². The minimum absolute atomic E-state index is 0.0642. The topological polar surface area (TPSA) is 0 Å². The van der Waals surface area contributed by atoms with E-state index in [1.807, 2.05) is 0 Å². The van der Waals surface area contributed by atoms with Crippen molar-refractivity contribution in [3.8, 4) is 22.3 Å². The molecule has 283 valence electrons. The molecule has 0 radical (unpaired) electrons. The molecule has 0 bridgehead atoms. The third-order valence-corrected chi connectivity index (χ3v) is 85.2. The van der Waals surface area contributed by atoms with Crippen LogP contribution in [-0.4, -0.2) is 5.98 Å². The van der Waals surface area contributed by atoms with Crippen molar-refractivity contribution in [1.82, 2.24) is 0 Å². The summed E-state index contributed by atoms with van der Waals surface area (Å²) in [5.74, 6) is -1.82. The molecule has 2 atom stereocenters. The van der Waals surface area contributed by atoms with Crippen molar-refractivity contribution in [2.24, 2.45) is 0 Å². The van der Waals surface area contributed by atoms with Gasteiger partial charge in [0.05, 0.1) is 0 Å². The van der Waals surface area contributed by atoms with Crippen molar-refractivity contribution in [3.05, 3.63) is 190 Å². The number of rotatable bonds is 13. The van der Waals surface area contributed by atoms with Gasteiger partial charge in [0.15, 0.2) is 0 Å². The van der Waals surface area contributed by atoms with Crippen molar-refractivity contribution in [2.75, 3.05) is 0 Å². The number of hydrogen-bond acceptors (Lipinski definition) is 0. The van der Waals surface area contributed by atoms with Gasteiger partial charge in [-0.1, -0.05) is 0 Å². The molecule has 2 aliphatic carbocycles. The second kappa shape index (κ2) is 16.4. The zero-order valence-electron chi connectivity index (χ0n) is 33.2. The summed E-state index contributed by atoms with van der Waals surface area (Å²) in [4.78, 5) is 0. The van der Waals surface area contributed by atoms with Crippen LogP contribution in [0, 0.1) is 0 Å². The molecule has 0 aromatic heterocycles. The molecule has 0 saturated carbocycles. The fraction of sp³-hybridized carbons (Fsp3) is 0.231. The van der Waals surface area contributed by atoms with Gasteiger partial charge in [0.2, 0.25) is 0 Å². The van der Waals surface area contributed by atoms with E-state index in [0.717, 1.165) is 12.8 Å². The molecule has 0 spiro atoms. The Morgan fingerprint density at radius 3 is 1.23 bits per heavy atom. The van der Waals surface area contributed by atoms with Crippen molar-refractivity contribution < 1.29 is 15.3 Å². The van der Waals surface area contributed by atoms with Gasteiger partial charge in [-0.15, -0.1) is 0 Å². The molecule has 8 rings (SSSR count). The van der Waals surface area contributed by atoms with Crippen LogP contribution in [0.25, 0.3) is 45.6 Å². The fourth-order valence-electron chi connectivity index (χ4n) is 9.79. The van der Waals surface area contributed by atoms with Crippen LogP contribution in [0.4, 0.5) is 0 Å². The van der Waals surface area contributed by atoms with E-state index in [-0.39, 0.29) is 7.35 Å². The van der Waals surface area contributed by atoms with Crippen LogP contribution in [0.5, 0.6) is 0 Å². The summed E-state index contributed by atoms with van der Waals surface area (Å²) in [6.07, 6.45) is 11.8. The first-order chi connectivity index (χ1) is 27.3. The second-order valence-corrected chi connectivity index (χ2v) is 75.6. The number of benzene rings is 6. The quantitative estimate of drug-likeness (QED) is 0.101. The Bertz CT molecular complexity index is 2260. The number of fused-ring (bicyclic) bond motifs is 2. The van der Waals surface area contributed by atoms with Crippen molar-refractivity contribution >= 4 is 46.4 Å². The average molecular weight is 955 g/mol. The standard InChI is InChI=1S/2C25H23.C2H7Si.2ClH.Hf/c2*1-2-3-10-20-13-7-8-15-23(20)24-16-9-14-21-17-22(18-25(21)24)19-11-5-4-6-12-19;1-3-2;;;/h2*4-9,11-18H,2-3,10H2,1H3;3H,1-2H3;2*1H;/q;;;;;+2/p-2. The maximum absolute atomic E-state index is 9.05. The van der Waals surface area contributed by atoms with Gasteiger partial charge in [0.25, 0.3) is 0 Å². The summed E-state index contributed by atoms with van der Waals surface area (Å²) >= 11 is -5.38. The molecule has 4 heteroatoms. The molecular formula is C52H53Cl2HfSi. The first kappa shape index (κ1) is 39.3. The molecule has 2 aliphatic rings. The molecule has 56 heavy (non-hydrogen) atoms. The molecule has 2 unspecified atom stereocenters. The Kier molecular flexibility index (Phi) is 11.5. The predicted octanol–water partition coefficient (Wildman–Crippen LogP) is 15.6. The SMILES string of the molecule is CCCCc1ccccc1-c1cccc2c1C=C(c1ccccc1)[CH]2[Hf]([Cl])([Cl])([CH]1C(c2ccccc2)=Cc2c(-c3ccccc3CCCC)cccc21)[SiH](C)C. The first-order valence-corrected chi connectivity index (χ1v) is 43.0. The Morgan fingerprint density at radius 2 is 0.839 bits per heavy atom. The predicted molar refractivity (Wildman–Crippen MR) is 246 cm³/mol. The summed E-state index contributed by atoms with van der Waals surface area (Å²) in [5, 5.41) is 0. The number of unbranched alkanes of at least 4 members (excludes halogenated alkanes) is 2. The monoisotopic (exact) mass is 955 g/mol. The number of aryl methyl sites for hydroxylation is 2. The van der Waals surface area contributed by atoms with E-state index in [4.69, 9.17) is 17.2 Å². The Balaban J connectivity index is 1.40. The molecule has 0 fully saturated rings. The van der Waals surface area contributed by atoms with E-state index in [1.165, 1.54) is 104 Å². The second-order valence-electron chi connectivity index (χ2n) is 16.3. The number of hydrogen-bond donors (Lipinski definition) is 0. The van der Waals surface area contributed by atoms with Gasteiger partial charge in [0.1, 0.15) is 0 Å².